The van der Waals surface area contributed by atoms with Crippen molar-refractivity contribution < 1.29 is 4.79 Å². The molecule has 0 spiro atoms. The zero-order valence-corrected chi connectivity index (χ0v) is 19.2. The Morgan fingerprint density at radius 2 is 1.97 bits per heavy atom. The molecule has 6 nitrogen and oxygen atoms in total. The van der Waals surface area contributed by atoms with Crippen LogP contribution in [0.25, 0.3) is 0 Å². The number of nitrogens with zero attached hydrogens (tertiary/aromatic N) is 3. The van der Waals surface area contributed by atoms with E-state index in [0.717, 1.165) is 44.9 Å². The number of hydrogen-bond acceptors (Lipinski definition) is 3. The third kappa shape index (κ3) is 5.89. The van der Waals surface area contributed by atoms with Crippen LogP contribution in [0.15, 0.2) is 23.2 Å². The first-order chi connectivity index (χ1) is 14.5. The summed E-state index contributed by atoms with van der Waals surface area (Å²) in [6.45, 7) is 7.29. The molecule has 1 unspecified atom stereocenters. The average molecular weight is 414 g/mol. The van der Waals surface area contributed by atoms with E-state index in [2.05, 4.69) is 66.6 Å². The standard InChI is InChI=1S/C24H39N5O/c1-5-25-24(26-16-20-12-11-18(2)15-22(20)28(3)4)27-21-13-14-29(17-21)23(30)19-9-7-6-8-10-19/h11-12,15,19,21H,5-10,13-14,16-17H2,1-4H3,(H2,25,26,27). The third-order valence-corrected chi connectivity index (χ3v) is 6.27. The summed E-state index contributed by atoms with van der Waals surface area (Å²) in [7, 11) is 4.14. The molecule has 1 aliphatic carbocycles. The summed E-state index contributed by atoms with van der Waals surface area (Å²) >= 11 is 0. The summed E-state index contributed by atoms with van der Waals surface area (Å²) in [5, 5.41) is 6.94. The zero-order valence-electron chi connectivity index (χ0n) is 19.2. The maximum Gasteiger partial charge on any atom is 0.225 e. The smallest absolute Gasteiger partial charge is 0.225 e. The molecule has 1 saturated heterocycles. The maximum atomic E-state index is 12.8. The van der Waals surface area contributed by atoms with Crippen LogP contribution in [0.5, 0.6) is 0 Å². The number of guanidine groups is 1. The van der Waals surface area contributed by atoms with Gasteiger partial charge in [-0.05, 0) is 50.3 Å². The van der Waals surface area contributed by atoms with Gasteiger partial charge in [0, 0.05) is 51.4 Å². The van der Waals surface area contributed by atoms with E-state index in [9.17, 15) is 4.79 Å². The minimum Gasteiger partial charge on any atom is -0.377 e. The van der Waals surface area contributed by atoms with Crippen molar-refractivity contribution in [3.8, 4) is 0 Å². The third-order valence-electron chi connectivity index (χ3n) is 6.27. The second-order valence-corrected chi connectivity index (χ2v) is 8.97. The van der Waals surface area contributed by atoms with E-state index < -0.39 is 0 Å². The summed E-state index contributed by atoms with van der Waals surface area (Å²) in [6, 6.07) is 6.78. The van der Waals surface area contributed by atoms with Crippen molar-refractivity contribution in [2.45, 2.75) is 65.0 Å². The van der Waals surface area contributed by atoms with Gasteiger partial charge in [-0.1, -0.05) is 31.4 Å². The van der Waals surface area contributed by atoms with Gasteiger partial charge in [-0.2, -0.15) is 0 Å². The van der Waals surface area contributed by atoms with Gasteiger partial charge in [0.25, 0.3) is 0 Å². The number of aliphatic imine (C=N–C) groups is 1. The number of rotatable bonds is 6. The summed E-state index contributed by atoms with van der Waals surface area (Å²) in [5.74, 6) is 1.46. The number of hydrogen-bond donors (Lipinski definition) is 2. The molecule has 2 aliphatic rings. The molecule has 30 heavy (non-hydrogen) atoms. The van der Waals surface area contributed by atoms with E-state index in [-0.39, 0.29) is 12.0 Å². The van der Waals surface area contributed by atoms with Gasteiger partial charge in [-0.3, -0.25) is 4.79 Å². The van der Waals surface area contributed by atoms with Crippen LogP contribution in [0.1, 0.15) is 56.6 Å². The lowest BCUT2D eigenvalue weighted by Crippen LogP contribution is -2.45. The fourth-order valence-electron chi connectivity index (χ4n) is 4.59. The Kier molecular flexibility index (Phi) is 8.00. The Hall–Kier alpha value is -2.24. The lowest BCUT2D eigenvalue weighted by Gasteiger charge is -2.26. The van der Waals surface area contributed by atoms with E-state index in [0.29, 0.717) is 12.5 Å². The lowest BCUT2D eigenvalue weighted by atomic mass is 9.88. The molecule has 1 atom stereocenters. The van der Waals surface area contributed by atoms with E-state index >= 15 is 0 Å². The van der Waals surface area contributed by atoms with Gasteiger partial charge in [-0.15, -0.1) is 0 Å². The van der Waals surface area contributed by atoms with Crippen LogP contribution in [0.4, 0.5) is 5.69 Å². The summed E-state index contributed by atoms with van der Waals surface area (Å²) < 4.78 is 0. The predicted molar refractivity (Wildman–Crippen MR) is 125 cm³/mol. The van der Waals surface area contributed by atoms with Crippen LogP contribution in [-0.2, 0) is 11.3 Å². The zero-order chi connectivity index (χ0) is 21.5. The van der Waals surface area contributed by atoms with Gasteiger partial charge < -0.3 is 20.4 Å². The van der Waals surface area contributed by atoms with E-state index in [4.69, 9.17) is 4.99 Å². The molecular formula is C24H39N5O. The SMILES string of the molecule is CCNC(=NCc1ccc(C)cc1N(C)C)NC1CCN(C(=O)C2CCCCC2)C1. The molecule has 0 radical (unpaired) electrons. The molecule has 2 N–H and O–H groups in total. The van der Waals surface area contributed by atoms with Crippen LogP contribution in [-0.4, -0.2) is 56.5 Å². The maximum absolute atomic E-state index is 12.8. The minimum atomic E-state index is 0.255. The molecule has 1 aliphatic heterocycles. The lowest BCUT2D eigenvalue weighted by molar-refractivity contribution is -0.135. The van der Waals surface area contributed by atoms with Crippen LogP contribution in [0, 0.1) is 12.8 Å². The largest absolute Gasteiger partial charge is 0.377 e. The molecule has 1 saturated carbocycles. The second-order valence-electron chi connectivity index (χ2n) is 8.97. The molecule has 1 aromatic carbocycles. The molecule has 6 heteroatoms. The Morgan fingerprint density at radius 3 is 2.67 bits per heavy atom. The van der Waals surface area contributed by atoms with Gasteiger partial charge in [0.15, 0.2) is 5.96 Å². The van der Waals surface area contributed by atoms with Crippen LogP contribution in [0.3, 0.4) is 0 Å². The number of anilines is 1. The van der Waals surface area contributed by atoms with Crippen LogP contribution >= 0.6 is 0 Å². The highest BCUT2D eigenvalue weighted by Gasteiger charge is 2.31. The minimum absolute atomic E-state index is 0.255. The quantitative estimate of drug-likeness (QED) is 0.555. The number of carbonyl (C=O) groups excluding carboxylic acids is 1. The molecule has 1 amide bonds. The summed E-state index contributed by atoms with van der Waals surface area (Å²) in [6.07, 6.45) is 6.82. The Labute approximate surface area is 182 Å². The number of aryl methyl sites for hydroxylation is 1. The van der Waals surface area contributed by atoms with E-state index in [1.807, 2.05) is 0 Å². The fraction of sp³-hybridized carbons (Fsp3) is 0.667. The molecule has 166 valence electrons. The number of amides is 1. The summed E-state index contributed by atoms with van der Waals surface area (Å²) in [4.78, 5) is 21.9. The number of carbonyl (C=O) groups is 1. The number of nitrogens with one attached hydrogen (secondary N) is 2. The fourth-order valence-corrected chi connectivity index (χ4v) is 4.59. The topological polar surface area (TPSA) is 60.0 Å². The van der Waals surface area contributed by atoms with Gasteiger partial charge in [0.05, 0.1) is 6.54 Å². The Bertz CT molecular complexity index is 739. The van der Waals surface area contributed by atoms with Gasteiger partial charge >= 0.3 is 0 Å². The first-order valence-corrected chi connectivity index (χ1v) is 11.6. The Balaban J connectivity index is 1.60. The number of benzene rings is 1. The Morgan fingerprint density at radius 1 is 1.20 bits per heavy atom. The van der Waals surface area contributed by atoms with E-state index in [1.165, 1.54) is 36.1 Å². The highest BCUT2D eigenvalue weighted by Crippen LogP contribution is 2.27. The van der Waals surface area contributed by atoms with Crippen molar-refractivity contribution >= 4 is 17.6 Å². The first kappa shape index (κ1) is 22.4. The van der Waals surface area contributed by atoms with Crippen molar-refractivity contribution in [3.63, 3.8) is 0 Å². The highest BCUT2D eigenvalue weighted by molar-refractivity contribution is 5.81. The summed E-state index contributed by atoms with van der Waals surface area (Å²) in [5.41, 5.74) is 3.67. The van der Waals surface area contributed by atoms with Crippen molar-refractivity contribution in [2.75, 3.05) is 38.6 Å². The van der Waals surface area contributed by atoms with E-state index in [1.54, 1.807) is 0 Å². The monoisotopic (exact) mass is 413 g/mol. The van der Waals surface area contributed by atoms with Crippen molar-refractivity contribution in [2.24, 2.45) is 10.9 Å². The molecule has 2 fully saturated rings. The van der Waals surface area contributed by atoms with Crippen molar-refractivity contribution in [1.29, 1.82) is 0 Å². The highest BCUT2D eigenvalue weighted by atomic mass is 16.2. The van der Waals surface area contributed by atoms with Crippen molar-refractivity contribution in [1.82, 2.24) is 15.5 Å². The van der Waals surface area contributed by atoms with Crippen LogP contribution < -0.4 is 15.5 Å². The molecule has 1 heterocycles. The molecular weight excluding hydrogens is 374 g/mol. The normalized spacial score (nSPS) is 20.3. The van der Waals surface area contributed by atoms with Gasteiger partial charge in [-0.25, -0.2) is 4.99 Å². The second kappa shape index (κ2) is 10.7. The molecule has 3 rings (SSSR count). The van der Waals surface area contributed by atoms with Crippen LogP contribution in [0.2, 0.25) is 0 Å². The van der Waals surface area contributed by atoms with Gasteiger partial charge in [0.1, 0.15) is 0 Å². The molecule has 0 aromatic heterocycles. The van der Waals surface area contributed by atoms with Gasteiger partial charge in [0.2, 0.25) is 5.91 Å². The number of likely N-dealkylation sites (tertiary alicyclic amines) is 1. The molecule has 0 bridgehead atoms. The first-order valence-electron chi connectivity index (χ1n) is 11.6. The average Bonchev–Trinajstić information content (AvgIpc) is 3.21. The van der Waals surface area contributed by atoms with Crippen molar-refractivity contribution in [3.05, 3.63) is 29.3 Å². The molecule has 1 aromatic rings. The predicted octanol–water partition coefficient (Wildman–Crippen LogP) is 3.30.